The van der Waals surface area contributed by atoms with Gasteiger partial charge in [0, 0.05) is 10.8 Å². The summed E-state index contributed by atoms with van der Waals surface area (Å²) in [5.41, 5.74) is 9.43. The highest BCUT2D eigenvalue weighted by Gasteiger charge is 2.29. The number of pyridine rings is 2. The second kappa shape index (κ2) is 10.9. The summed E-state index contributed by atoms with van der Waals surface area (Å²) in [5.74, 6) is -1.23. The van der Waals surface area contributed by atoms with E-state index < -0.39 is 11.9 Å². The van der Waals surface area contributed by atoms with Crippen molar-refractivity contribution in [2.75, 3.05) is 0 Å². The Morgan fingerprint density at radius 2 is 1.00 bits per heavy atom. The molecule has 2 aliphatic rings. The van der Waals surface area contributed by atoms with Gasteiger partial charge in [0.1, 0.15) is 0 Å². The SMILES string of the molecule is C[C@@H]1C/C(=C\c2ccc(/C=C3/C[C@H](C)Cc4c3nc3ccccc3c4C(=O)O)cc2)c2nc3ccccc3c(C(=O)O)c2C1. The number of aromatic nitrogens is 2. The number of fused-ring (bicyclic) bond motifs is 4. The topological polar surface area (TPSA) is 100 Å². The molecule has 0 fully saturated rings. The van der Waals surface area contributed by atoms with Gasteiger partial charge < -0.3 is 10.2 Å². The first-order valence-corrected chi connectivity index (χ1v) is 15.1. The zero-order valence-electron chi connectivity index (χ0n) is 24.7. The molecule has 5 aromatic rings. The second-order valence-corrected chi connectivity index (χ2v) is 12.3. The van der Waals surface area contributed by atoms with Gasteiger partial charge >= 0.3 is 11.9 Å². The van der Waals surface area contributed by atoms with Gasteiger partial charge in [-0.3, -0.25) is 0 Å². The highest BCUT2D eigenvalue weighted by molar-refractivity contribution is 6.07. The summed E-state index contributed by atoms with van der Waals surface area (Å²) in [6.45, 7) is 4.31. The third kappa shape index (κ3) is 4.86. The van der Waals surface area contributed by atoms with Crippen molar-refractivity contribution in [3.63, 3.8) is 0 Å². The van der Waals surface area contributed by atoms with Crippen molar-refractivity contribution in [2.24, 2.45) is 11.8 Å². The van der Waals surface area contributed by atoms with Crippen molar-refractivity contribution in [3.05, 3.63) is 118 Å². The van der Waals surface area contributed by atoms with E-state index in [9.17, 15) is 19.8 Å². The molecular weight excluding hydrogens is 548 g/mol. The van der Waals surface area contributed by atoms with Crippen molar-refractivity contribution >= 4 is 57.0 Å². The lowest BCUT2D eigenvalue weighted by Crippen LogP contribution is -2.17. The molecule has 0 bridgehead atoms. The highest BCUT2D eigenvalue weighted by atomic mass is 16.4. The molecule has 7 rings (SSSR count). The lowest BCUT2D eigenvalue weighted by molar-refractivity contribution is 0.0686. The maximum Gasteiger partial charge on any atom is 0.336 e. The number of nitrogens with zero attached hydrogens (tertiary/aromatic N) is 2. The van der Waals surface area contributed by atoms with Crippen molar-refractivity contribution in [2.45, 2.75) is 39.5 Å². The molecule has 44 heavy (non-hydrogen) atoms. The Bertz CT molecular complexity index is 1910. The number of hydrogen-bond donors (Lipinski definition) is 2. The maximum absolute atomic E-state index is 12.4. The third-order valence-electron chi connectivity index (χ3n) is 8.88. The molecule has 6 nitrogen and oxygen atoms in total. The minimum atomic E-state index is -0.915. The number of para-hydroxylation sites is 2. The third-order valence-corrected chi connectivity index (χ3v) is 8.88. The van der Waals surface area contributed by atoms with Crippen LogP contribution in [0.25, 0.3) is 45.1 Å². The van der Waals surface area contributed by atoms with Crippen LogP contribution in [0.2, 0.25) is 0 Å². The molecule has 3 aromatic carbocycles. The molecule has 2 aromatic heterocycles. The van der Waals surface area contributed by atoms with E-state index >= 15 is 0 Å². The molecule has 2 heterocycles. The van der Waals surface area contributed by atoms with E-state index in [0.29, 0.717) is 57.6 Å². The number of carboxylic acids is 2. The molecule has 0 saturated heterocycles. The Labute approximate surface area is 255 Å². The van der Waals surface area contributed by atoms with Gasteiger partial charge in [0.05, 0.1) is 33.5 Å². The molecule has 6 heteroatoms. The minimum absolute atomic E-state index is 0.298. The van der Waals surface area contributed by atoms with Crippen LogP contribution in [-0.2, 0) is 12.8 Å². The lowest BCUT2D eigenvalue weighted by Gasteiger charge is -2.26. The number of aromatic carboxylic acids is 2. The fraction of sp³-hybridized carbons (Fsp3) is 0.211. The molecule has 0 aliphatic heterocycles. The van der Waals surface area contributed by atoms with Crippen LogP contribution in [0.3, 0.4) is 0 Å². The largest absolute Gasteiger partial charge is 0.478 e. The van der Waals surface area contributed by atoms with E-state index in [1.165, 1.54) is 0 Å². The number of hydrogen-bond acceptors (Lipinski definition) is 4. The number of allylic oxidation sites excluding steroid dienone is 2. The van der Waals surface area contributed by atoms with Gasteiger partial charge in [-0.15, -0.1) is 0 Å². The van der Waals surface area contributed by atoms with Crippen LogP contribution in [0.5, 0.6) is 0 Å². The Morgan fingerprint density at radius 3 is 1.39 bits per heavy atom. The van der Waals surface area contributed by atoms with Crippen LogP contribution in [0.15, 0.2) is 72.8 Å². The first-order chi connectivity index (χ1) is 21.3. The number of rotatable bonds is 4. The van der Waals surface area contributed by atoms with Crippen LogP contribution in [0.4, 0.5) is 0 Å². The zero-order chi connectivity index (χ0) is 30.5. The molecule has 0 unspecified atom stereocenters. The van der Waals surface area contributed by atoms with E-state index in [0.717, 1.165) is 57.6 Å². The van der Waals surface area contributed by atoms with Crippen LogP contribution in [0.1, 0.15) is 81.0 Å². The minimum Gasteiger partial charge on any atom is -0.478 e. The Kier molecular flexibility index (Phi) is 6.85. The molecule has 0 radical (unpaired) electrons. The van der Waals surface area contributed by atoms with Gasteiger partial charge in [-0.25, -0.2) is 19.6 Å². The van der Waals surface area contributed by atoms with Crippen LogP contribution in [-0.4, -0.2) is 32.1 Å². The normalized spacial score (nSPS) is 19.7. The molecule has 218 valence electrons. The number of benzene rings is 3. The molecule has 2 aliphatic carbocycles. The summed E-state index contributed by atoms with van der Waals surface area (Å²) in [6, 6.07) is 23.2. The molecule has 2 N–H and O–H groups in total. The Morgan fingerprint density at radius 1 is 0.614 bits per heavy atom. The summed E-state index contributed by atoms with van der Waals surface area (Å²) in [6.07, 6.45) is 7.27. The van der Waals surface area contributed by atoms with Crippen molar-refractivity contribution in [1.82, 2.24) is 9.97 Å². The number of carbonyl (C=O) groups is 2. The van der Waals surface area contributed by atoms with Crippen LogP contribution >= 0.6 is 0 Å². The van der Waals surface area contributed by atoms with E-state index in [1.54, 1.807) is 0 Å². The fourth-order valence-electron chi connectivity index (χ4n) is 7.05. The van der Waals surface area contributed by atoms with E-state index in [2.05, 4.69) is 50.3 Å². The summed E-state index contributed by atoms with van der Waals surface area (Å²) in [4.78, 5) is 34.7. The summed E-state index contributed by atoms with van der Waals surface area (Å²) >= 11 is 0. The van der Waals surface area contributed by atoms with Gasteiger partial charge in [-0.2, -0.15) is 0 Å². The Hall–Kier alpha value is -5.10. The quantitative estimate of drug-likeness (QED) is 0.221. The second-order valence-electron chi connectivity index (χ2n) is 12.3. The zero-order valence-corrected chi connectivity index (χ0v) is 24.7. The molecule has 0 amide bonds. The van der Waals surface area contributed by atoms with Gasteiger partial charge in [0.15, 0.2) is 0 Å². The first-order valence-electron chi connectivity index (χ1n) is 15.1. The van der Waals surface area contributed by atoms with Gasteiger partial charge in [0.2, 0.25) is 0 Å². The predicted molar refractivity (Wildman–Crippen MR) is 175 cm³/mol. The number of carboxylic acid groups (broad SMARTS) is 2. The predicted octanol–water partition coefficient (Wildman–Crippen LogP) is 8.43. The summed E-state index contributed by atoms with van der Waals surface area (Å²) in [5, 5.41) is 21.7. The van der Waals surface area contributed by atoms with E-state index in [1.807, 2.05) is 48.5 Å². The maximum atomic E-state index is 12.4. The monoisotopic (exact) mass is 580 g/mol. The first kappa shape index (κ1) is 27.7. The van der Waals surface area contributed by atoms with Gasteiger partial charge in [-0.1, -0.05) is 74.5 Å². The molecule has 2 atom stereocenters. The lowest BCUT2D eigenvalue weighted by atomic mass is 9.80. The molecule has 0 saturated carbocycles. The van der Waals surface area contributed by atoms with Crippen molar-refractivity contribution in [3.8, 4) is 0 Å². The Balaban J connectivity index is 1.28. The standard InChI is InChI=1S/C38H32N2O4/c1-21-15-25(35-29(17-21)33(37(41)42)27-7-3-5-9-31(27)39-35)19-23-11-13-24(14-12-23)20-26-16-22(2)18-30-34(38(43)44)28-8-4-6-10-32(28)40-36(26)30/h3-14,19-22H,15-18H2,1-2H3,(H,41,42)(H,43,44)/b25-19-,26-20+/t21-,22+/m0/s1. The molecular formula is C38H32N2O4. The fourth-order valence-corrected chi connectivity index (χ4v) is 7.05. The van der Waals surface area contributed by atoms with Crippen LogP contribution < -0.4 is 0 Å². The average Bonchev–Trinajstić information content (AvgIpc) is 2.99. The summed E-state index contributed by atoms with van der Waals surface area (Å²) in [7, 11) is 0. The average molecular weight is 581 g/mol. The van der Waals surface area contributed by atoms with E-state index in [-0.39, 0.29) is 0 Å². The summed E-state index contributed by atoms with van der Waals surface area (Å²) < 4.78 is 0. The van der Waals surface area contributed by atoms with Crippen LogP contribution in [0, 0.1) is 11.8 Å². The van der Waals surface area contributed by atoms with Crippen molar-refractivity contribution < 1.29 is 19.8 Å². The van der Waals surface area contributed by atoms with Gasteiger partial charge in [-0.05, 0) is 95.2 Å². The smallest absolute Gasteiger partial charge is 0.336 e. The highest BCUT2D eigenvalue weighted by Crippen LogP contribution is 2.40. The van der Waals surface area contributed by atoms with E-state index in [4.69, 9.17) is 9.97 Å². The van der Waals surface area contributed by atoms with Crippen molar-refractivity contribution in [1.29, 1.82) is 0 Å². The molecule has 0 spiro atoms. The van der Waals surface area contributed by atoms with Gasteiger partial charge in [0.25, 0.3) is 0 Å².